The summed E-state index contributed by atoms with van der Waals surface area (Å²) in [5.74, 6) is 2.79. The highest BCUT2D eigenvalue weighted by atomic mass is 16.6. The molecule has 0 amide bonds. The average molecular weight is 657 g/mol. The third-order valence-corrected chi connectivity index (χ3v) is 13.2. The summed E-state index contributed by atoms with van der Waals surface area (Å²) in [6.45, 7) is 10.4. The first-order valence-corrected chi connectivity index (χ1v) is 18.2. The standard InChI is InChI=1S/C36H56N4O7/c1-5-21-13-27-26(7-6-22-14-24(42)10-11-36(22,27)4)25(21)8-9-28-20(3)31-29(46-28)12-19(2)15-39(31)16-23-17-40(38-37-23)35-34(45)33(44)32(43)30(18-41)47-35/h5-6,17,19-20,24-35,41-45H,7-16,18H2,1-4H3/b21-5+/t19-,20-,24-,25+,26-,27-,28?,29+,30?,31-,32-,33?,34?,35+,36-/m0/s1. The second-order valence-corrected chi connectivity index (χ2v) is 16.0. The van der Waals surface area contributed by atoms with Crippen molar-refractivity contribution in [2.45, 2.75) is 141 Å². The maximum absolute atomic E-state index is 10.6. The molecule has 4 heterocycles. The highest BCUT2D eigenvalue weighted by molar-refractivity contribution is 5.30. The van der Waals surface area contributed by atoms with Crippen molar-refractivity contribution >= 4 is 0 Å². The van der Waals surface area contributed by atoms with Gasteiger partial charge in [-0.3, -0.25) is 4.90 Å². The lowest BCUT2D eigenvalue weighted by Gasteiger charge is -2.48. The minimum atomic E-state index is -1.47. The number of hydrogen-bond donors (Lipinski definition) is 5. The van der Waals surface area contributed by atoms with Gasteiger partial charge in [0.05, 0.1) is 36.8 Å². The quantitative estimate of drug-likeness (QED) is 0.277. The number of ether oxygens (including phenoxy) is 2. The van der Waals surface area contributed by atoms with E-state index in [9.17, 15) is 25.5 Å². The number of aromatic nitrogens is 3. The first-order chi connectivity index (χ1) is 22.5. The van der Waals surface area contributed by atoms with E-state index in [4.69, 9.17) is 9.47 Å². The van der Waals surface area contributed by atoms with E-state index in [2.05, 4.69) is 55.1 Å². The van der Waals surface area contributed by atoms with Crippen LogP contribution in [0, 0.1) is 35.0 Å². The van der Waals surface area contributed by atoms with Crippen molar-refractivity contribution in [1.29, 1.82) is 0 Å². The van der Waals surface area contributed by atoms with Crippen molar-refractivity contribution in [3.63, 3.8) is 0 Å². The molecule has 0 radical (unpaired) electrons. The van der Waals surface area contributed by atoms with Gasteiger partial charge in [-0.25, -0.2) is 4.68 Å². The average Bonchev–Trinajstić information content (AvgIpc) is 3.75. The fourth-order valence-electron chi connectivity index (χ4n) is 10.7. The van der Waals surface area contributed by atoms with Crippen LogP contribution in [0.15, 0.2) is 29.5 Å². The first kappa shape index (κ1) is 33.8. The molecule has 3 saturated heterocycles. The van der Waals surface area contributed by atoms with Gasteiger partial charge in [-0.15, -0.1) is 5.10 Å². The van der Waals surface area contributed by atoms with Gasteiger partial charge < -0.3 is 35.0 Å². The molecule has 6 aliphatic rings. The maximum atomic E-state index is 10.6. The number of nitrogens with zero attached hydrogens (tertiary/aromatic N) is 4. The molecule has 262 valence electrons. The number of aliphatic hydroxyl groups is 5. The summed E-state index contributed by atoms with van der Waals surface area (Å²) in [6, 6.07) is 0.277. The number of hydrogen-bond acceptors (Lipinski definition) is 10. The number of fused-ring (bicyclic) bond motifs is 4. The van der Waals surface area contributed by atoms with Gasteiger partial charge in [0.2, 0.25) is 0 Å². The molecule has 1 aromatic rings. The largest absolute Gasteiger partial charge is 0.394 e. The highest BCUT2D eigenvalue weighted by Crippen LogP contribution is 2.61. The molecule has 3 aliphatic heterocycles. The summed E-state index contributed by atoms with van der Waals surface area (Å²) in [4.78, 5) is 2.49. The first-order valence-electron chi connectivity index (χ1n) is 18.2. The summed E-state index contributed by atoms with van der Waals surface area (Å²) in [6.07, 6.45) is 8.90. The topological polar surface area (TPSA) is 154 Å². The van der Waals surface area contributed by atoms with E-state index in [1.807, 2.05) is 0 Å². The predicted molar refractivity (Wildman–Crippen MR) is 174 cm³/mol. The van der Waals surface area contributed by atoms with Crippen molar-refractivity contribution in [3.8, 4) is 0 Å². The Bertz CT molecular complexity index is 1330. The molecule has 7 rings (SSSR count). The van der Waals surface area contributed by atoms with Gasteiger partial charge in [-0.1, -0.05) is 49.3 Å². The van der Waals surface area contributed by atoms with E-state index in [0.717, 1.165) is 57.2 Å². The van der Waals surface area contributed by atoms with Gasteiger partial charge in [0.1, 0.15) is 24.4 Å². The zero-order chi connectivity index (χ0) is 33.2. The summed E-state index contributed by atoms with van der Waals surface area (Å²) in [5, 5.41) is 59.6. The van der Waals surface area contributed by atoms with E-state index in [1.165, 1.54) is 16.7 Å². The van der Waals surface area contributed by atoms with E-state index >= 15 is 0 Å². The summed E-state index contributed by atoms with van der Waals surface area (Å²) in [7, 11) is 0. The normalized spacial score (nSPS) is 47.9. The number of aliphatic hydroxyl groups excluding tert-OH is 5. The van der Waals surface area contributed by atoms with Crippen molar-refractivity contribution in [2.24, 2.45) is 35.0 Å². The molecule has 5 N–H and O–H groups in total. The van der Waals surface area contributed by atoms with Crippen LogP contribution in [0.4, 0.5) is 0 Å². The Morgan fingerprint density at radius 1 is 1.04 bits per heavy atom. The lowest BCUT2D eigenvalue weighted by atomic mass is 9.56. The minimum absolute atomic E-state index is 0.171. The zero-order valence-electron chi connectivity index (χ0n) is 28.4. The fraction of sp³-hybridized carbons (Fsp3) is 0.833. The number of piperidine rings is 1. The Labute approximate surface area is 278 Å². The Morgan fingerprint density at radius 2 is 1.85 bits per heavy atom. The fourth-order valence-corrected chi connectivity index (χ4v) is 10.7. The molecular formula is C36H56N4O7. The molecule has 1 aromatic heterocycles. The van der Waals surface area contributed by atoms with Crippen molar-refractivity contribution in [2.75, 3.05) is 13.2 Å². The van der Waals surface area contributed by atoms with Crippen LogP contribution in [0.5, 0.6) is 0 Å². The van der Waals surface area contributed by atoms with Crippen LogP contribution in [0.2, 0.25) is 0 Å². The zero-order valence-corrected chi connectivity index (χ0v) is 28.4. The smallest absolute Gasteiger partial charge is 0.180 e. The molecule has 47 heavy (non-hydrogen) atoms. The molecule has 0 aromatic carbocycles. The lowest BCUT2D eigenvalue weighted by Crippen LogP contribution is -2.56. The Morgan fingerprint density at radius 3 is 2.62 bits per heavy atom. The SMILES string of the molecule is C/C=C1\C[C@H]2[C@@H](CC=C3C[C@@H](O)CC[C@@]32C)[C@@H]1CCC1O[C@@H]2C[C@H](C)CN(Cc3cn([C@@H]4OC(CO)[C@H](O)C(O)C4O)nn3)[C@H]2[C@H]1C. The molecule has 11 heteroatoms. The molecule has 0 spiro atoms. The molecular weight excluding hydrogens is 600 g/mol. The highest BCUT2D eigenvalue weighted by Gasteiger charge is 2.53. The van der Waals surface area contributed by atoms with E-state index < -0.39 is 37.3 Å². The predicted octanol–water partition coefficient (Wildman–Crippen LogP) is 2.72. The summed E-state index contributed by atoms with van der Waals surface area (Å²) < 4.78 is 14.0. The van der Waals surface area contributed by atoms with Crippen LogP contribution in [0.3, 0.4) is 0 Å². The van der Waals surface area contributed by atoms with E-state index in [0.29, 0.717) is 36.1 Å². The number of rotatable bonds is 7. The van der Waals surface area contributed by atoms with Crippen LogP contribution < -0.4 is 0 Å². The number of likely N-dealkylation sites (tertiary alicyclic amines) is 1. The molecule has 11 nitrogen and oxygen atoms in total. The van der Waals surface area contributed by atoms with Gasteiger partial charge in [0.25, 0.3) is 0 Å². The van der Waals surface area contributed by atoms with Crippen LogP contribution in [-0.2, 0) is 16.0 Å². The summed E-state index contributed by atoms with van der Waals surface area (Å²) >= 11 is 0. The lowest BCUT2D eigenvalue weighted by molar-refractivity contribution is -0.254. The molecule has 0 bridgehead atoms. The molecule has 3 aliphatic carbocycles. The minimum Gasteiger partial charge on any atom is -0.394 e. The van der Waals surface area contributed by atoms with Gasteiger partial charge >= 0.3 is 0 Å². The molecule has 4 unspecified atom stereocenters. The maximum Gasteiger partial charge on any atom is 0.180 e. The van der Waals surface area contributed by atoms with Crippen molar-refractivity contribution in [3.05, 3.63) is 35.2 Å². The van der Waals surface area contributed by atoms with Gasteiger partial charge in [0.15, 0.2) is 6.23 Å². The van der Waals surface area contributed by atoms with Crippen LogP contribution in [-0.4, -0.2) is 107 Å². The molecule has 5 fully saturated rings. The molecule has 15 atom stereocenters. The van der Waals surface area contributed by atoms with Crippen LogP contribution >= 0.6 is 0 Å². The monoisotopic (exact) mass is 656 g/mol. The van der Waals surface area contributed by atoms with Gasteiger partial charge in [-0.05, 0) is 87.4 Å². The second-order valence-electron chi connectivity index (χ2n) is 16.0. The van der Waals surface area contributed by atoms with Crippen molar-refractivity contribution in [1.82, 2.24) is 19.9 Å². The Kier molecular flexibility index (Phi) is 9.49. The third-order valence-electron chi connectivity index (χ3n) is 13.2. The van der Waals surface area contributed by atoms with Crippen LogP contribution in [0.1, 0.15) is 91.0 Å². The van der Waals surface area contributed by atoms with Crippen LogP contribution in [0.25, 0.3) is 0 Å². The number of allylic oxidation sites excluding steroid dienone is 3. The van der Waals surface area contributed by atoms with E-state index in [1.54, 1.807) is 11.8 Å². The van der Waals surface area contributed by atoms with Gasteiger partial charge in [-0.2, -0.15) is 0 Å². The second kappa shape index (κ2) is 13.2. The van der Waals surface area contributed by atoms with Crippen molar-refractivity contribution < 1.29 is 35.0 Å². The molecule has 2 saturated carbocycles. The Balaban J connectivity index is 1.01. The van der Waals surface area contributed by atoms with Gasteiger partial charge in [0, 0.05) is 25.0 Å². The Hall–Kier alpha value is -1.70. The summed E-state index contributed by atoms with van der Waals surface area (Å²) in [5.41, 5.74) is 4.09. The van der Waals surface area contributed by atoms with E-state index in [-0.39, 0.29) is 29.8 Å². The third kappa shape index (κ3) is 5.96.